The van der Waals surface area contributed by atoms with E-state index in [1.54, 1.807) is 0 Å². The van der Waals surface area contributed by atoms with Gasteiger partial charge < -0.3 is 10.4 Å². The van der Waals surface area contributed by atoms with E-state index in [4.69, 9.17) is 0 Å². The number of rotatable bonds is 8. The molecule has 0 saturated heterocycles. The van der Waals surface area contributed by atoms with Crippen molar-refractivity contribution < 1.29 is 5.11 Å². The second kappa shape index (κ2) is 8.08. The molecule has 2 N–H and O–H groups in total. The van der Waals surface area contributed by atoms with Gasteiger partial charge in [0, 0.05) is 12.1 Å². The zero-order valence-corrected chi connectivity index (χ0v) is 12.0. The van der Waals surface area contributed by atoms with Crippen LogP contribution in [-0.4, -0.2) is 23.3 Å². The molecule has 0 bridgehead atoms. The first kappa shape index (κ1) is 15.9. The fourth-order valence-corrected chi connectivity index (χ4v) is 2.51. The highest BCUT2D eigenvalue weighted by Crippen LogP contribution is 2.18. The summed E-state index contributed by atoms with van der Waals surface area (Å²) in [7, 11) is 0. The van der Waals surface area contributed by atoms with E-state index in [0.29, 0.717) is 12.0 Å². The first-order valence-corrected chi connectivity index (χ1v) is 6.88. The summed E-state index contributed by atoms with van der Waals surface area (Å²) < 4.78 is 0. The highest BCUT2D eigenvalue weighted by atomic mass is 16.3. The molecule has 0 saturated carbocycles. The highest BCUT2D eigenvalue weighted by Gasteiger charge is 2.23. The van der Waals surface area contributed by atoms with Gasteiger partial charge in [0.05, 0.1) is 6.10 Å². The van der Waals surface area contributed by atoms with Crippen LogP contribution < -0.4 is 5.32 Å². The summed E-state index contributed by atoms with van der Waals surface area (Å²) in [5, 5.41) is 13.4. The smallest absolute Gasteiger partial charge is 0.0667 e. The van der Waals surface area contributed by atoms with Gasteiger partial charge in [-0.05, 0) is 32.1 Å². The minimum atomic E-state index is -0.276. The molecule has 0 rings (SSSR count). The van der Waals surface area contributed by atoms with Crippen molar-refractivity contribution in [2.24, 2.45) is 11.8 Å². The Morgan fingerprint density at radius 3 is 1.94 bits per heavy atom. The fourth-order valence-electron chi connectivity index (χ4n) is 2.51. The molecule has 0 aromatic carbocycles. The molecule has 0 heterocycles. The average Bonchev–Trinajstić information content (AvgIpc) is 2.21. The Balaban J connectivity index is 4.31. The summed E-state index contributed by atoms with van der Waals surface area (Å²) >= 11 is 0. The van der Waals surface area contributed by atoms with Crippen molar-refractivity contribution in [2.75, 3.05) is 0 Å². The zero-order chi connectivity index (χ0) is 12.7. The van der Waals surface area contributed by atoms with Crippen LogP contribution in [-0.2, 0) is 0 Å². The van der Waals surface area contributed by atoms with Crippen LogP contribution in [0.4, 0.5) is 0 Å². The van der Waals surface area contributed by atoms with Crippen LogP contribution in [0, 0.1) is 11.8 Å². The maximum absolute atomic E-state index is 9.75. The quantitative estimate of drug-likeness (QED) is 0.670. The maximum atomic E-state index is 9.75. The van der Waals surface area contributed by atoms with E-state index in [9.17, 15) is 5.11 Å². The third kappa shape index (κ3) is 5.31. The van der Waals surface area contributed by atoms with Crippen LogP contribution in [0.2, 0.25) is 0 Å². The van der Waals surface area contributed by atoms with Gasteiger partial charge in [-0.25, -0.2) is 0 Å². The molecule has 0 fully saturated rings. The van der Waals surface area contributed by atoms with Gasteiger partial charge in [-0.15, -0.1) is 0 Å². The number of aliphatic hydroxyl groups excluding tert-OH is 1. The van der Waals surface area contributed by atoms with E-state index in [1.807, 2.05) is 6.92 Å². The molecule has 0 aromatic rings. The molecule has 2 heteroatoms. The molecule has 0 aromatic heterocycles. The first-order valence-electron chi connectivity index (χ1n) is 6.88. The summed E-state index contributed by atoms with van der Waals surface area (Å²) in [6.45, 7) is 13.0. The van der Waals surface area contributed by atoms with E-state index in [2.05, 4.69) is 39.9 Å². The Morgan fingerprint density at radius 1 is 1.06 bits per heavy atom. The van der Waals surface area contributed by atoms with E-state index in [-0.39, 0.29) is 12.1 Å². The lowest BCUT2D eigenvalue weighted by Crippen LogP contribution is -2.49. The average molecular weight is 229 g/mol. The summed E-state index contributed by atoms with van der Waals surface area (Å²) in [5.74, 6) is 1.20. The van der Waals surface area contributed by atoms with Gasteiger partial charge in [0.2, 0.25) is 0 Å². The van der Waals surface area contributed by atoms with Crippen LogP contribution in [0.1, 0.15) is 60.8 Å². The zero-order valence-electron chi connectivity index (χ0n) is 12.0. The Bertz CT molecular complexity index is 160. The number of aliphatic hydroxyl groups is 1. The van der Waals surface area contributed by atoms with Gasteiger partial charge in [-0.1, -0.05) is 40.5 Å². The Labute approximate surface area is 102 Å². The molecule has 0 amide bonds. The molecule has 4 atom stereocenters. The maximum Gasteiger partial charge on any atom is 0.0667 e. The second-order valence-electron chi connectivity index (χ2n) is 5.42. The Morgan fingerprint density at radius 2 is 1.62 bits per heavy atom. The normalized spacial score (nSPS) is 19.5. The molecule has 2 nitrogen and oxygen atoms in total. The van der Waals surface area contributed by atoms with Crippen molar-refractivity contribution in [1.82, 2.24) is 5.32 Å². The lowest BCUT2D eigenvalue weighted by atomic mass is 9.90. The van der Waals surface area contributed by atoms with E-state index in [0.717, 1.165) is 5.92 Å². The van der Waals surface area contributed by atoms with Crippen LogP contribution in [0.5, 0.6) is 0 Å². The predicted molar refractivity (Wildman–Crippen MR) is 71.6 cm³/mol. The molecular formula is C14H31NO. The SMILES string of the molecule is CCCC(CC)C(C)N[C@H](C(C)C)C(C)O. The molecule has 0 aliphatic heterocycles. The molecule has 0 radical (unpaired) electrons. The van der Waals surface area contributed by atoms with Gasteiger partial charge in [0.15, 0.2) is 0 Å². The first-order chi connectivity index (χ1) is 7.43. The molecule has 0 aliphatic carbocycles. The van der Waals surface area contributed by atoms with Crippen molar-refractivity contribution >= 4 is 0 Å². The molecule has 3 unspecified atom stereocenters. The number of nitrogens with one attached hydrogen (secondary N) is 1. The van der Waals surface area contributed by atoms with Crippen molar-refractivity contribution in [1.29, 1.82) is 0 Å². The topological polar surface area (TPSA) is 32.3 Å². The molecule has 98 valence electrons. The predicted octanol–water partition coefficient (Wildman–Crippen LogP) is 3.20. The lowest BCUT2D eigenvalue weighted by Gasteiger charge is -2.32. The van der Waals surface area contributed by atoms with Crippen LogP contribution in [0.25, 0.3) is 0 Å². The third-order valence-corrected chi connectivity index (χ3v) is 3.58. The Kier molecular flexibility index (Phi) is 8.04. The number of hydrogen-bond donors (Lipinski definition) is 2. The van der Waals surface area contributed by atoms with Crippen molar-refractivity contribution in [3.8, 4) is 0 Å². The lowest BCUT2D eigenvalue weighted by molar-refractivity contribution is 0.107. The monoisotopic (exact) mass is 229 g/mol. The van der Waals surface area contributed by atoms with Crippen molar-refractivity contribution in [3.05, 3.63) is 0 Å². The van der Waals surface area contributed by atoms with Gasteiger partial charge >= 0.3 is 0 Å². The third-order valence-electron chi connectivity index (χ3n) is 3.58. The molecule has 16 heavy (non-hydrogen) atoms. The summed E-state index contributed by atoms with van der Waals surface area (Å²) in [6, 6.07) is 0.702. The molecular weight excluding hydrogens is 198 g/mol. The van der Waals surface area contributed by atoms with Crippen LogP contribution >= 0.6 is 0 Å². The van der Waals surface area contributed by atoms with E-state index in [1.165, 1.54) is 19.3 Å². The van der Waals surface area contributed by atoms with Gasteiger partial charge in [0.1, 0.15) is 0 Å². The van der Waals surface area contributed by atoms with E-state index < -0.39 is 0 Å². The van der Waals surface area contributed by atoms with Gasteiger partial charge in [-0.3, -0.25) is 0 Å². The van der Waals surface area contributed by atoms with Crippen molar-refractivity contribution in [2.45, 2.75) is 79.0 Å². The standard InChI is InChI=1S/C14H31NO/c1-7-9-13(8-2)11(5)15-14(10(3)4)12(6)16/h10-16H,7-9H2,1-6H3/t11?,12?,13?,14-/m1/s1. The summed E-state index contributed by atoms with van der Waals surface area (Å²) in [5.41, 5.74) is 0. The molecule has 0 spiro atoms. The highest BCUT2D eigenvalue weighted by molar-refractivity contribution is 4.81. The largest absolute Gasteiger partial charge is 0.392 e. The van der Waals surface area contributed by atoms with Crippen molar-refractivity contribution in [3.63, 3.8) is 0 Å². The van der Waals surface area contributed by atoms with Gasteiger partial charge in [-0.2, -0.15) is 0 Å². The minimum Gasteiger partial charge on any atom is -0.392 e. The number of hydrogen-bond acceptors (Lipinski definition) is 2. The second-order valence-corrected chi connectivity index (χ2v) is 5.42. The summed E-state index contributed by atoms with van der Waals surface area (Å²) in [6.07, 6.45) is 3.45. The van der Waals surface area contributed by atoms with E-state index >= 15 is 0 Å². The van der Waals surface area contributed by atoms with Crippen LogP contribution in [0.15, 0.2) is 0 Å². The minimum absolute atomic E-state index is 0.209. The Hall–Kier alpha value is -0.0800. The van der Waals surface area contributed by atoms with Crippen LogP contribution in [0.3, 0.4) is 0 Å². The summed E-state index contributed by atoms with van der Waals surface area (Å²) in [4.78, 5) is 0. The molecule has 0 aliphatic rings. The fraction of sp³-hybridized carbons (Fsp3) is 1.00. The van der Waals surface area contributed by atoms with Gasteiger partial charge in [0.25, 0.3) is 0 Å².